The van der Waals surface area contributed by atoms with Gasteiger partial charge in [-0.15, -0.1) is 5.10 Å². The number of piperidine rings is 1. The van der Waals surface area contributed by atoms with Gasteiger partial charge in [0.1, 0.15) is 0 Å². The molecule has 0 bridgehead atoms. The summed E-state index contributed by atoms with van der Waals surface area (Å²) in [6.45, 7) is 6.80. The number of fused-ring (bicyclic) bond motifs is 1. The first-order valence-electron chi connectivity index (χ1n) is 9.45. The van der Waals surface area contributed by atoms with E-state index in [-0.39, 0.29) is 11.1 Å². The predicted molar refractivity (Wildman–Crippen MR) is 107 cm³/mol. The molecule has 0 saturated carbocycles. The summed E-state index contributed by atoms with van der Waals surface area (Å²) >= 11 is 5.91. The van der Waals surface area contributed by atoms with Crippen LogP contribution in [0.15, 0.2) is 36.5 Å². The molecule has 6 heteroatoms. The molecule has 1 aromatic carbocycles. The predicted octanol–water partition coefficient (Wildman–Crippen LogP) is 4.43. The van der Waals surface area contributed by atoms with E-state index in [0.29, 0.717) is 11.5 Å². The van der Waals surface area contributed by atoms with Crippen LogP contribution in [0.25, 0.3) is 10.9 Å². The number of hydrogen-bond donors (Lipinski definition) is 0. The number of benzene rings is 1. The fourth-order valence-electron chi connectivity index (χ4n) is 4.39. The van der Waals surface area contributed by atoms with E-state index in [4.69, 9.17) is 11.6 Å². The van der Waals surface area contributed by atoms with Crippen molar-refractivity contribution in [2.24, 2.45) is 0 Å². The molecule has 1 atom stereocenters. The highest BCUT2D eigenvalue weighted by Crippen LogP contribution is 2.35. The molecule has 1 fully saturated rings. The Balaban J connectivity index is 1.67. The average molecular weight is 383 g/mol. The lowest BCUT2D eigenvalue weighted by atomic mass is 9.91. The first kappa shape index (κ1) is 18.0. The van der Waals surface area contributed by atoms with Crippen molar-refractivity contribution < 1.29 is 4.79 Å². The molecule has 1 aliphatic heterocycles. The summed E-state index contributed by atoms with van der Waals surface area (Å²) < 4.78 is 2.41. The normalized spacial score (nSPS) is 17.4. The standard InChI is InChI=1S/C21H23ClN4O/c1-3-26-18-9-5-4-8-17(18)14(2)20(26)15-7-6-10-25(13-15)21(27)16-11-19(22)24-23-12-16/h4-5,8-9,11-12,15H,3,6-7,10,13H2,1-2H3. The van der Waals surface area contributed by atoms with Crippen LogP contribution in [0.5, 0.6) is 0 Å². The van der Waals surface area contributed by atoms with Gasteiger partial charge in [0.25, 0.3) is 5.91 Å². The number of carbonyl (C=O) groups is 1. The molecule has 3 aromatic rings. The maximum absolute atomic E-state index is 12.9. The molecule has 4 rings (SSSR count). The molecule has 0 aliphatic carbocycles. The van der Waals surface area contributed by atoms with Crippen LogP contribution in [-0.2, 0) is 6.54 Å². The number of hydrogen-bond acceptors (Lipinski definition) is 3. The lowest BCUT2D eigenvalue weighted by Crippen LogP contribution is -2.39. The van der Waals surface area contributed by atoms with Crippen molar-refractivity contribution >= 4 is 28.4 Å². The third-order valence-corrected chi connectivity index (χ3v) is 5.74. The van der Waals surface area contributed by atoms with Crippen molar-refractivity contribution in [3.8, 4) is 0 Å². The Morgan fingerprint density at radius 2 is 2.15 bits per heavy atom. The number of aryl methyl sites for hydroxylation is 2. The minimum absolute atomic E-state index is 0.0201. The summed E-state index contributed by atoms with van der Waals surface area (Å²) in [5, 5.41) is 9.10. The summed E-state index contributed by atoms with van der Waals surface area (Å²) in [5.74, 6) is 0.314. The van der Waals surface area contributed by atoms with Gasteiger partial charge in [-0.3, -0.25) is 4.79 Å². The van der Waals surface area contributed by atoms with E-state index < -0.39 is 0 Å². The number of nitrogens with zero attached hydrogens (tertiary/aromatic N) is 4. The number of amides is 1. The lowest BCUT2D eigenvalue weighted by Gasteiger charge is -2.34. The third kappa shape index (κ3) is 3.21. The largest absolute Gasteiger partial charge is 0.344 e. The quantitative estimate of drug-likeness (QED) is 0.673. The summed E-state index contributed by atoms with van der Waals surface area (Å²) in [5.41, 5.74) is 4.48. The van der Waals surface area contributed by atoms with Gasteiger partial charge in [-0.25, -0.2) is 0 Å². The molecular weight excluding hydrogens is 360 g/mol. The van der Waals surface area contributed by atoms with Gasteiger partial charge >= 0.3 is 0 Å². The monoisotopic (exact) mass is 382 g/mol. The third-order valence-electron chi connectivity index (χ3n) is 5.56. The second-order valence-corrected chi connectivity index (χ2v) is 7.52. The van der Waals surface area contributed by atoms with Crippen LogP contribution in [0.2, 0.25) is 5.15 Å². The molecule has 0 N–H and O–H groups in total. The maximum atomic E-state index is 12.9. The van der Waals surface area contributed by atoms with Crippen molar-refractivity contribution in [2.45, 2.75) is 39.2 Å². The smallest absolute Gasteiger partial charge is 0.255 e. The second-order valence-electron chi connectivity index (χ2n) is 7.13. The van der Waals surface area contributed by atoms with Crippen molar-refractivity contribution in [3.63, 3.8) is 0 Å². The zero-order valence-corrected chi connectivity index (χ0v) is 16.4. The summed E-state index contributed by atoms with van der Waals surface area (Å²) in [4.78, 5) is 14.9. The molecule has 27 heavy (non-hydrogen) atoms. The van der Waals surface area contributed by atoms with E-state index in [0.717, 1.165) is 32.5 Å². The molecule has 5 nitrogen and oxygen atoms in total. The van der Waals surface area contributed by atoms with E-state index in [9.17, 15) is 4.79 Å². The number of aromatic nitrogens is 3. The molecule has 0 radical (unpaired) electrons. The van der Waals surface area contributed by atoms with Crippen LogP contribution in [0.3, 0.4) is 0 Å². The Morgan fingerprint density at radius 1 is 1.33 bits per heavy atom. The maximum Gasteiger partial charge on any atom is 0.255 e. The SMILES string of the molecule is CCn1c(C2CCCN(C(=O)c3cnnc(Cl)c3)C2)c(C)c2ccccc21. The van der Waals surface area contributed by atoms with E-state index in [1.165, 1.54) is 28.4 Å². The molecule has 0 spiro atoms. The van der Waals surface area contributed by atoms with Crippen molar-refractivity contribution in [1.82, 2.24) is 19.7 Å². The Hall–Kier alpha value is -2.40. The highest BCUT2D eigenvalue weighted by molar-refractivity contribution is 6.29. The van der Waals surface area contributed by atoms with Crippen molar-refractivity contribution in [1.29, 1.82) is 0 Å². The van der Waals surface area contributed by atoms with Crippen LogP contribution in [0.1, 0.15) is 47.3 Å². The van der Waals surface area contributed by atoms with Crippen LogP contribution in [0, 0.1) is 6.92 Å². The number of rotatable bonds is 3. The molecule has 1 saturated heterocycles. The van der Waals surface area contributed by atoms with E-state index in [1.54, 1.807) is 6.07 Å². The molecule has 1 unspecified atom stereocenters. The Morgan fingerprint density at radius 3 is 2.93 bits per heavy atom. The zero-order chi connectivity index (χ0) is 19.0. The van der Waals surface area contributed by atoms with Gasteiger partial charge in [-0.2, -0.15) is 5.10 Å². The average Bonchev–Trinajstić information content (AvgIpc) is 2.99. The van der Waals surface area contributed by atoms with Crippen LogP contribution < -0.4 is 0 Å². The summed E-state index contributed by atoms with van der Waals surface area (Å²) in [7, 11) is 0. The van der Waals surface area contributed by atoms with Crippen LogP contribution >= 0.6 is 11.6 Å². The number of likely N-dealkylation sites (tertiary alicyclic amines) is 1. The van der Waals surface area contributed by atoms with Crippen molar-refractivity contribution in [2.75, 3.05) is 13.1 Å². The summed E-state index contributed by atoms with van der Waals surface area (Å²) in [6, 6.07) is 10.2. The Kier molecular flexibility index (Phi) is 4.87. The molecule has 140 valence electrons. The van der Waals surface area contributed by atoms with Crippen LogP contribution in [0.4, 0.5) is 0 Å². The van der Waals surface area contributed by atoms with Gasteiger partial charge in [0.15, 0.2) is 5.15 Å². The van der Waals surface area contributed by atoms with E-state index in [2.05, 4.69) is 52.9 Å². The lowest BCUT2D eigenvalue weighted by molar-refractivity contribution is 0.0704. The molecule has 1 amide bonds. The van der Waals surface area contributed by atoms with Gasteiger partial charge in [-0.1, -0.05) is 29.8 Å². The fourth-order valence-corrected chi connectivity index (χ4v) is 4.55. The topological polar surface area (TPSA) is 51.0 Å². The van der Waals surface area contributed by atoms with E-state index >= 15 is 0 Å². The highest BCUT2D eigenvalue weighted by atomic mass is 35.5. The molecular formula is C21H23ClN4O. The Bertz CT molecular complexity index is 997. The minimum atomic E-state index is -0.0201. The molecule has 1 aliphatic rings. The van der Waals surface area contributed by atoms with Gasteiger partial charge in [-0.05, 0) is 44.4 Å². The van der Waals surface area contributed by atoms with Gasteiger partial charge in [0, 0.05) is 42.1 Å². The summed E-state index contributed by atoms with van der Waals surface area (Å²) in [6.07, 6.45) is 3.58. The fraction of sp³-hybridized carbons (Fsp3) is 0.381. The zero-order valence-electron chi connectivity index (χ0n) is 15.7. The number of halogens is 1. The Labute approximate surface area is 164 Å². The first-order chi connectivity index (χ1) is 13.1. The number of para-hydroxylation sites is 1. The van der Waals surface area contributed by atoms with E-state index in [1.807, 2.05) is 4.90 Å². The first-order valence-corrected chi connectivity index (χ1v) is 9.83. The van der Waals surface area contributed by atoms with Gasteiger partial charge in [0.05, 0.1) is 11.8 Å². The molecule has 3 heterocycles. The second kappa shape index (κ2) is 7.31. The molecule has 2 aromatic heterocycles. The van der Waals surface area contributed by atoms with Gasteiger partial charge < -0.3 is 9.47 Å². The number of carbonyl (C=O) groups excluding carboxylic acids is 1. The van der Waals surface area contributed by atoms with Gasteiger partial charge in [0.2, 0.25) is 0 Å². The minimum Gasteiger partial charge on any atom is -0.344 e. The highest BCUT2D eigenvalue weighted by Gasteiger charge is 2.29. The van der Waals surface area contributed by atoms with Crippen LogP contribution in [-0.4, -0.2) is 38.7 Å². The van der Waals surface area contributed by atoms with Crippen molar-refractivity contribution in [3.05, 3.63) is 58.5 Å².